The molecule has 110 valence electrons. The molecule has 3 aromatic rings. The van der Waals surface area contributed by atoms with Gasteiger partial charge in [0.15, 0.2) is 0 Å². The number of pyridine rings is 1. The minimum Gasteiger partial charge on any atom is -0.326 e. The molecule has 0 aliphatic heterocycles. The van der Waals surface area contributed by atoms with E-state index in [0.717, 1.165) is 28.6 Å². The van der Waals surface area contributed by atoms with Gasteiger partial charge in [0.25, 0.3) is 0 Å². The van der Waals surface area contributed by atoms with Crippen molar-refractivity contribution in [2.24, 2.45) is 0 Å². The lowest BCUT2D eigenvalue weighted by molar-refractivity contribution is -0.115. The third-order valence-electron chi connectivity index (χ3n) is 3.69. The Labute approximate surface area is 130 Å². The molecule has 0 aliphatic carbocycles. The first kappa shape index (κ1) is 14.3. The minimum absolute atomic E-state index is 0.0218. The first-order valence-electron chi connectivity index (χ1n) is 7.47. The first-order valence-corrected chi connectivity index (χ1v) is 7.47. The van der Waals surface area contributed by atoms with Gasteiger partial charge in [-0.3, -0.25) is 9.78 Å². The van der Waals surface area contributed by atoms with Crippen LogP contribution in [0.3, 0.4) is 0 Å². The second kappa shape index (κ2) is 6.39. The number of hydrogen-bond acceptors (Lipinski definition) is 2. The summed E-state index contributed by atoms with van der Waals surface area (Å²) in [6, 6.07) is 17.8. The molecule has 1 heterocycles. The van der Waals surface area contributed by atoms with Crippen molar-refractivity contribution < 1.29 is 4.79 Å². The SMILES string of the molecule is CCc1cccc(NC(=O)Cc2cccc3cccnc23)c1. The smallest absolute Gasteiger partial charge is 0.228 e. The van der Waals surface area contributed by atoms with Gasteiger partial charge < -0.3 is 5.32 Å². The standard InChI is InChI=1S/C19H18N2O/c1-2-14-6-3-10-17(12-14)21-18(22)13-16-8-4-7-15-9-5-11-20-19(15)16/h3-12H,2,13H2,1H3,(H,21,22). The van der Waals surface area contributed by atoms with Gasteiger partial charge in [-0.1, -0.05) is 43.3 Å². The van der Waals surface area contributed by atoms with Crippen LogP contribution in [0.4, 0.5) is 5.69 Å². The van der Waals surface area contributed by atoms with Crippen LogP contribution in [0.5, 0.6) is 0 Å². The van der Waals surface area contributed by atoms with E-state index in [1.165, 1.54) is 5.56 Å². The van der Waals surface area contributed by atoms with Crippen molar-refractivity contribution in [3.63, 3.8) is 0 Å². The fraction of sp³-hybridized carbons (Fsp3) is 0.158. The highest BCUT2D eigenvalue weighted by Crippen LogP contribution is 2.17. The van der Waals surface area contributed by atoms with Crippen molar-refractivity contribution in [2.45, 2.75) is 19.8 Å². The molecule has 1 aromatic heterocycles. The fourth-order valence-electron chi connectivity index (χ4n) is 2.56. The molecule has 0 unspecified atom stereocenters. The topological polar surface area (TPSA) is 42.0 Å². The molecule has 1 amide bonds. The number of para-hydroxylation sites is 1. The lowest BCUT2D eigenvalue weighted by Gasteiger charge is -2.08. The normalized spacial score (nSPS) is 10.6. The molecule has 3 rings (SSSR count). The van der Waals surface area contributed by atoms with E-state index >= 15 is 0 Å². The highest BCUT2D eigenvalue weighted by molar-refractivity contribution is 5.95. The van der Waals surface area contributed by atoms with Crippen LogP contribution in [-0.4, -0.2) is 10.9 Å². The van der Waals surface area contributed by atoms with Crippen LogP contribution >= 0.6 is 0 Å². The lowest BCUT2D eigenvalue weighted by atomic mass is 10.1. The number of fused-ring (bicyclic) bond motifs is 1. The van der Waals surface area contributed by atoms with E-state index in [2.05, 4.69) is 23.3 Å². The predicted molar refractivity (Wildman–Crippen MR) is 89.9 cm³/mol. The summed E-state index contributed by atoms with van der Waals surface area (Å²) in [5.74, 6) is -0.0218. The van der Waals surface area contributed by atoms with Gasteiger partial charge in [-0.15, -0.1) is 0 Å². The van der Waals surface area contributed by atoms with Crippen LogP contribution in [0.1, 0.15) is 18.1 Å². The summed E-state index contributed by atoms with van der Waals surface area (Å²) in [5.41, 5.74) is 3.90. The van der Waals surface area contributed by atoms with Crippen molar-refractivity contribution in [3.8, 4) is 0 Å². The largest absolute Gasteiger partial charge is 0.326 e. The zero-order chi connectivity index (χ0) is 15.4. The number of carbonyl (C=O) groups is 1. The summed E-state index contributed by atoms with van der Waals surface area (Å²) in [7, 11) is 0. The summed E-state index contributed by atoms with van der Waals surface area (Å²) in [6.07, 6.45) is 3.04. The Morgan fingerprint density at radius 2 is 1.91 bits per heavy atom. The number of hydrogen-bond donors (Lipinski definition) is 1. The Hall–Kier alpha value is -2.68. The number of aryl methyl sites for hydroxylation is 1. The van der Waals surface area contributed by atoms with Crippen molar-refractivity contribution in [2.75, 3.05) is 5.32 Å². The van der Waals surface area contributed by atoms with Gasteiger partial charge in [0.2, 0.25) is 5.91 Å². The number of benzene rings is 2. The first-order chi connectivity index (χ1) is 10.8. The minimum atomic E-state index is -0.0218. The van der Waals surface area contributed by atoms with E-state index in [1.807, 2.05) is 48.5 Å². The molecule has 2 aromatic carbocycles. The molecule has 0 fully saturated rings. The van der Waals surface area contributed by atoms with E-state index in [-0.39, 0.29) is 5.91 Å². The number of nitrogens with one attached hydrogen (secondary N) is 1. The summed E-state index contributed by atoms with van der Waals surface area (Å²) in [4.78, 5) is 16.7. The second-order valence-electron chi connectivity index (χ2n) is 5.27. The van der Waals surface area contributed by atoms with E-state index in [1.54, 1.807) is 6.20 Å². The van der Waals surface area contributed by atoms with Crippen molar-refractivity contribution >= 4 is 22.5 Å². The summed E-state index contributed by atoms with van der Waals surface area (Å²) >= 11 is 0. The Morgan fingerprint density at radius 1 is 1.09 bits per heavy atom. The predicted octanol–water partition coefficient (Wildman–Crippen LogP) is 3.98. The highest BCUT2D eigenvalue weighted by Gasteiger charge is 2.08. The van der Waals surface area contributed by atoms with Crippen LogP contribution in [0.25, 0.3) is 10.9 Å². The molecule has 22 heavy (non-hydrogen) atoms. The Bertz CT molecular complexity index is 806. The van der Waals surface area contributed by atoms with Crippen molar-refractivity contribution in [3.05, 3.63) is 71.9 Å². The highest BCUT2D eigenvalue weighted by atomic mass is 16.1. The molecular weight excluding hydrogens is 272 g/mol. The quantitative estimate of drug-likeness (QED) is 0.789. The lowest BCUT2D eigenvalue weighted by Crippen LogP contribution is -2.14. The van der Waals surface area contributed by atoms with Gasteiger partial charge >= 0.3 is 0 Å². The summed E-state index contributed by atoms with van der Waals surface area (Å²) < 4.78 is 0. The van der Waals surface area contributed by atoms with E-state index in [0.29, 0.717) is 6.42 Å². The maximum atomic E-state index is 12.3. The number of rotatable bonds is 4. The average molecular weight is 290 g/mol. The number of aromatic nitrogens is 1. The van der Waals surface area contributed by atoms with Crippen LogP contribution < -0.4 is 5.32 Å². The van der Waals surface area contributed by atoms with Crippen LogP contribution in [-0.2, 0) is 17.6 Å². The molecule has 0 radical (unpaired) electrons. The van der Waals surface area contributed by atoms with Gasteiger partial charge in [0.1, 0.15) is 0 Å². The summed E-state index contributed by atoms with van der Waals surface area (Å²) in [6.45, 7) is 2.10. The maximum absolute atomic E-state index is 12.3. The van der Waals surface area contributed by atoms with Gasteiger partial charge in [-0.25, -0.2) is 0 Å². The number of nitrogens with zero attached hydrogens (tertiary/aromatic N) is 1. The molecule has 1 N–H and O–H groups in total. The van der Waals surface area contributed by atoms with Crippen LogP contribution in [0, 0.1) is 0 Å². The van der Waals surface area contributed by atoms with Crippen molar-refractivity contribution in [1.82, 2.24) is 4.98 Å². The molecule has 0 aliphatic rings. The van der Waals surface area contributed by atoms with Gasteiger partial charge in [0, 0.05) is 17.3 Å². The second-order valence-corrected chi connectivity index (χ2v) is 5.27. The van der Waals surface area contributed by atoms with Crippen LogP contribution in [0.2, 0.25) is 0 Å². The molecule has 0 atom stereocenters. The number of amides is 1. The van der Waals surface area contributed by atoms with Gasteiger partial charge in [-0.2, -0.15) is 0 Å². The molecule has 3 nitrogen and oxygen atoms in total. The number of carbonyl (C=O) groups excluding carboxylic acids is 1. The fourth-order valence-corrected chi connectivity index (χ4v) is 2.56. The third-order valence-corrected chi connectivity index (χ3v) is 3.69. The molecule has 0 saturated heterocycles. The Morgan fingerprint density at radius 3 is 2.77 bits per heavy atom. The van der Waals surface area contributed by atoms with Gasteiger partial charge in [-0.05, 0) is 35.7 Å². The third kappa shape index (κ3) is 3.14. The monoisotopic (exact) mass is 290 g/mol. The zero-order valence-corrected chi connectivity index (χ0v) is 12.5. The van der Waals surface area contributed by atoms with E-state index in [9.17, 15) is 4.79 Å². The maximum Gasteiger partial charge on any atom is 0.228 e. The average Bonchev–Trinajstić information content (AvgIpc) is 2.55. The van der Waals surface area contributed by atoms with Crippen LogP contribution in [0.15, 0.2) is 60.8 Å². The van der Waals surface area contributed by atoms with Gasteiger partial charge in [0.05, 0.1) is 11.9 Å². The van der Waals surface area contributed by atoms with Crippen molar-refractivity contribution in [1.29, 1.82) is 0 Å². The zero-order valence-electron chi connectivity index (χ0n) is 12.5. The van der Waals surface area contributed by atoms with E-state index < -0.39 is 0 Å². The molecule has 0 bridgehead atoms. The van der Waals surface area contributed by atoms with E-state index in [4.69, 9.17) is 0 Å². The molecular formula is C19H18N2O. The summed E-state index contributed by atoms with van der Waals surface area (Å²) in [5, 5.41) is 4.02. The molecule has 0 saturated carbocycles. The molecule has 0 spiro atoms. The Kier molecular flexibility index (Phi) is 4.15. The number of anilines is 1. The Balaban J connectivity index is 1.78. The molecule has 3 heteroatoms.